The molecule has 1 aromatic carbocycles. The first-order valence-corrected chi connectivity index (χ1v) is 8.08. The molecule has 1 aliphatic carbocycles. The van der Waals surface area contributed by atoms with Crippen LogP contribution in [0.15, 0.2) is 36.9 Å². The van der Waals surface area contributed by atoms with Gasteiger partial charge in [0, 0.05) is 5.69 Å². The largest absolute Gasteiger partial charge is 0.481 e. The van der Waals surface area contributed by atoms with Crippen LogP contribution in [-0.4, -0.2) is 31.7 Å². The van der Waals surface area contributed by atoms with Crippen molar-refractivity contribution in [2.75, 3.05) is 5.32 Å². The molecule has 1 aromatic heterocycles. The third-order valence-corrected chi connectivity index (χ3v) is 4.45. The molecule has 1 saturated carbocycles. The van der Waals surface area contributed by atoms with Crippen molar-refractivity contribution in [3.05, 3.63) is 42.5 Å². The van der Waals surface area contributed by atoms with Crippen molar-refractivity contribution in [2.45, 2.75) is 32.2 Å². The maximum atomic E-state index is 12.4. The highest BCUT2D eigenvalue weighted by Crippen LogP contribution is 2.31. The Labute approximate surface area is 139 Å². The van der Waals surface area contributed by atoms with Gasteiger partial charge in [0.2, 0.25) is 5.91 Å². The monoisotopic (exact) mass is 328 g/mol. The minimum atomic E-state index is -0.877. The van der Waals surface area contributed by atoms with E-state index in [0.717, 1.165) is 18.4 Å². The molecular formula is C17H20N4O3. The number of carbonyl (C=O) groups is 2. The number of carboxylic acids is 1. The van der Waals surface area contributed by atoms with Gasteiger partial charge in [-0.05, 0) is 30.5 Å². The van der Waals surface area contributed by atoms with Crippen LogP contribution in [0.25, 0.3) is 0 Å². The van der Waals surface area contributed by atoms with Crippen molar-refractivity contribution in [1.29, 1.82) is 0 Å². The molecule has 24 heavy (non-hydrogen) atoms. The topological polar surface area (TPSA) is 97.1 Å². The van der Waals surface area contributed by atoms with Crippen LogP contribution in [0.3, 0.4) is 0 Å². The van der Waals surface area contributed by atoms with Crippen LogP contribution < -0.4 is 5.32 Å². The molecule has 1 fully saturated rings. The zero-order valence-electron chi connectivity index (χ0n) is 13.3. The molecule has 2 atom stereocenters. The molecule has 0 radical (unpaired) electrons. The van der Waals surface area contributed by atoms with E-state index in [2.05, 4.69) is 15.4 Å². The Hall–Kier alpha value is -2.70. The summed E-state index contributed by atoms with van der Waals surface area (Å²) in [7, 11) is 0. The normalized spacial score (nSPS) is 20.5. The third-order valence-electron chi connectivity index (χ3n) is 4.45. The zero-order valence-corrected chi connectivity index (χ0v) is 13.3. The van der Waals surface area contributed by atoms with Gasteiger partial charge in [-0.15, -0.1) is 0 Å². The molecule has 0 aliphatic heterocycles. The van der Waals surface area contributed by atoms with Crippen molar-refractivity contribution in [1.82, 2.24) is 14.8 Å². The van der Waals surface area contributed by atoms with E-state index in [4.69, 9.17) is 0 Å². The summed E-state index contributed by atoms with van der Waals surface area (Å²) in [5.41, 5.74) is 1.72. The number of nitrogens with one attached hydrogen (secondary N) is 1. The summed E-state index contributed by atoms with van der Waals surface area (Å²) in [5.74, 6) is -2.11. The van der Waals surface area contributed by atoms with Gasteiger partial charge < -0.3 is 10.4 Å². The Kier molecular flexibility index (Phi) is 4.88. The highest BCUT2D eigenvalue weighted by atomic mass is 16.4. The Balaban J connectivity index is 1.62. The van der Waals surface area contributed by atoms with E-state index in [-0.39, 0.29) is 5.91 Å². The molecule has 0 spiro atoms. The summed E-state index contributed by atoms with van der Waals surface area (Å²) >= 11 is 0. The molecule has 7 heteroatoms. The van der Waals surface area contributed by atoms with E-state index >= 15 is 0 Å². The van der Waals surface area contributed by atoms with Crippen molar-refractivity contribution < 1.29 is 14.7 Å². The fourth-order valence-electron chi connectivity index (χ4n) is 3.17. The number of aliphatic carboxylic acids is 1. The lowest BCUT2D eigenvalue weighted by atomic mass is 9.78. The van der Waals surface area contributed by atoms with Crippen molar-refractivity contribution in [2.24, 2.45) is 11.8 Å². The number of hydrogen-bond donors (Lipinski definition) is 2. The van der Waals surface area contributed by atoms with E-state index in [9.17, 15) is 14.7 Å². The zero-order chi connectivity index (χ0) is 16.9. The van der Waals surface area contributed by atoms with Crippen molar-refractivity contribution >= 4 is 17.6 Å². The van der Waals surface area contributed by atoms with Gasteiger partial charge in [-0.25, -0.2) is 9.67 Å². The molecular weight excluding hydrogens is 308 g/mol. The van der Waals surface area contributed by atoms with Gasteiger partial charge >= 0.3 is 5.97 Å². The first-order chi connectivity index (χ1) is 11.6. The van der Waals surface area contributed by atoms with Crippen molar-refractivity contribution in [3.8, 4) is 0 Å². The van der Waals surface area contributed by atoms with Crippen LogP contribution in [0.4, 0.5) is 5.69 Å². The number of anilines is 1. The number of carbonyl (C=O) groups excluding carboxylic acids is 1. The first kappa shape index (κ1) is 16.2. The highest BCUT2D eigenvalue weighted by Gasteiger charge is 2.35. The van der Waals surface area contributed by atoms with Crippen LogP contribution in [0, 0.1) is 11.8 Å². The summed E-state index contributed by atoms with van der Waals surface area (Å²) in [5, 5.41) is 16.2. The molecule has 126 valence electrons. The summed E-state index contributed by atoms with van der Waals surface area (Å²) in [6.45, 7) is 0.609. The standard InChI is InChI=1S/C17H20N4O3/c22-16(14-3-1-2-4-15(14)17(23)24)20-13-7-5-12(6-8-13)9-21-11-18-10-19-21/h5-8,10-11,14-15H,1-4,9H2,(H,20,22)(H,23,24)/t14-,15+/m1/s1. The molecule has 0 bridgehead atoms. The number of nitrogens with zero attached hydrogens (tertiary/aromatic N) is 3. The molecule has 0 unspecified atom stereocenters. The Morgan fingerprint density at radius 1 is 1.17 bits per heavy atom. The van der Waals surface area contributed by atoms with Crippen molar-refractivity contribution in [3.63, 3.8) is 0 Å². The average Bonchev–Trinajstić information content (AvgIpc) is 3.09. The molecule has 1 aliphatic rings. The van der Waals surface area contributed by atoms with Crippen LogP contribution in [-0.2, 0) is 16.1 Å². The molecule has 2 aromatic rings. The maximum absolute atomic E-state index is 12.4. The van der Waals surface area contributed by atoms with E-state index in [1.54, 1.807) is 11.0 Å². The van der Waals surface area contributed by atoms with E-state index in [1.807, 2.05) is 24.3 Å². The molecule has 1 heterocycles. The quantitative estimate of drug-likeness (QED) is 0.876. The van der Waals surface area contributed by atoms with Gasteiger partial charge in [0.1, 0.15) is 12.7 Å². The molecule has 1 amide bonds. The molecule has 3 rings (SSSR count). The van der Waals surface area contributed by atoms with Gasteiger partial charge in [0.25, 0.3) is 0 Å². The smallest absolute Gasteiger partial charge is 0.307 e. The van der Waals surface area contributed by atoms with E-state index < -0.39 is 17.8 Å². The summed E-state index contributed by atoms with van der Waals surface area (Å²) in [6, 6.07) is 7.46. The Morgan fingerprint density at radius 2 is 1.88 bits per heavy atom. The van der Waals surface area contributed by atoms with Gasteiger partial charge in [-0.2, -0.15) is 5.10 Å². The Morgan fingerprint density at radius 3 is 2.50 bits per heavy atom. The third kappa shape index (κ3) is 3.79. The lowest BCUT2D eigenvalue weighted by Gasteiger charge is -2.27. The fraction of sp³-hybridized carbons (Fsp3) is 0.412. The number of aromatic nitrogens is 3. The number of amides is 1. The second-order valence-electron chi connectivity index (χ2n) is 6.11. The number of rotatable bonds is 5. The minimum Gasteiger partial charge on any atom is -0.481 e. The second-order valence-corrected chi connectivity index (χ2v) is 6.11. The van der Waals surface area contributed by atoms with Gasteiger partial charge in [0.05, 0.1) is 18.4 Å². The van der Waals surface area contributed by atoms with E-state index in [0.29, 0.717) is 25.1 Å². The lowest BCUT2D eigenvalue weighted by Crippen LogP contribution is -2.36. The highest BCUT2D eigenvalue weighted by molar-refractivity contribution is 5.95. The first-order valence-electron chi connectivity index (χ1n) is 8.08. The summed E-state index contributed by atoms with van der Waals surface area (Å²) in [4.78, 5) is 27.6. The van der Waals surface area contributed by atoms with Crippen LogP contribution >= 0.6 is 0 Å². The van der Waals surface area contributed by atoms with Gasteiger partial charge in [-0.3, -0.25) is 9.59 Å². The maximum Gasteiger partial charge on any atom is 0.307 e. The minimum absolute atomic E-state index is 0.203. The molecule has 2 N–H and O–H groups in total. The number of carboxylic acid groups (broad SMARTS) is 1. The number of benzene rings is 1. The van der Waals surface area contributed by atoms with Crippen LogP contribution in [0.2, 0.25) is 0 Å². The van der Waals surface area contributed by atoms with E-state index in [1.165, 1.54) is 6.33 Å². The number of hydrogen-bond acceptors (Lipinski definition) is 4. The summed E-state index contributed by atoms with van der Waals surface area (Å²) in [6.07, 6.45) is 6.11. The fourth-order valence-corrected chi connectivity index (χ4v) is 3.17. The van der Waals surface area contributed by atoms with Crippen LogP contribution in [0.5, 0.6) is 0 Å². The SMILES string of the molecule is O=C(O)[C@H]1CCCC[C@H]1C(=O)Nc1ccc(Cn2cncn2)cc1. The average molecular weight is 328 g/mol. The predicted octanol–water partition coefficient (Wildman–Crippen LogP) is 2.16. The van der Waals surface area contributed by atoms with Crippen LogP contribution in [0.1, 0.15) is 31.2 Å². The molecule has 7 nitrogen and oxygen atoms in total. The molecule has 0 saturated heterocycles. The summed E-state index contributed by atoms with van der Waals surface area (Å²) < 4.78 is 1.72. The Bertz CT molecular complexity index is 697. The lowest BCUT2D eigenvalue weighted by molar-refractivity contribution is -0.147. The van der Waals surface area contributed by atoms with Gasteiger partial charge in [0.15, 0.2) is 0 Å². The van der Waals surface area contributed by atoms with Gasteiger partial charge in [-0.1, -0.05) is 25.0 Å². The second kappa shape index (κ2) is 7.25. The predicted molar refractivity (Wildman–Crippen MR) is 87.3 cm³/mol.